The van der Waals surface area contributed by atoms with Gasteiger partial charge in [-0.1, -0.05) is 29.3 Å². The van der Waals surface area contributed by atoms with Gasteiger partial charge in [-0.3, -0.25) is 4.79 Å². The lowest BCUT2D eigenvalue weighted by atomic mass is 10.1. The van der Waals surface area contributed by atoms with Gasteiger partial charge in [0.2, 0.25) is 5.91 Å². The van der Waals surface area contributed by atoms with Crippen LogP contribution in [0.5, 0.6) is 5.75 Å². The second-order valence-electron chi connectivity index (χ2n) is 6.54. The molecule has 2 aromatic carbocycles. The minimum Gasteiger partial charge on any atom is -0.496 e. The number of aromatic nitrogens is 1. The Morgan fingerprint density at radius 1 is 1.18 bits per heavy atom. The van der Waals surface area contributed by atoms with Crippen LogP contribution >= 0.6 is 11.6 Å². The van der Waals surface area contributed by atoms with Gasteiger partial charge in [0.05, 0.1) is 13.3 Å². The molecule has 0 fully saturated rings. The SMILES string of the molecule is COc1ccc(C)cc1CCNC(=O)CCc1ncc(-c2ccc(Cl)cc2)o1. The second kappa shape index (κ2) is 9.42. The second-order valence-corrected chi connectivity index (χ2v) is 6.98. The Kier molecular flexibility index (Phi) is 6.71. The van der Waals surface area contributed by atoms with Gasteiger partial charge in [-0.15, -0.1) is 0 Å². The Labute approximate surface area is 169 Å². The number of benzene rings is 2. The quantitative estimate of drug-likeness (QED) is 0.602. The summed E-state index contributed by atoms with van der Waals surface area (Å²) in [6.07, 6.45) is 3.16. The van der Waals surface area contributed by atoms with Crippen LogP contribution in [-0.2, 0) is 17.6 Å². The molecular weight excluding hydrogens is 376 g/mol. The van der Waals surface area contributed by atoms with Gasteiger partial charge in [-0.05, 0) is 49.2 Å². The van der Waals surface area contributed by atoms with Crippen LogP contribution in [0.3, 0.4) is 0 Å². The van der Waals surface area contributed by atoms with Crippen LogP contribution in [0.1, 0.15) is 23.4 Å². The van der Waals surface area contributed by atoms with Gasteiger partial charge in [-0.2, -0.15) is 0 Å². The summed E-state index contributed by atoms with van der Waals surface area (Å²) in [6.45, 7) is 2.59. The van der Waals surface area contributed by atoms with Crippen LogP contribution < -0.4 is 10.1 Å². The van der Waals surface area contributed by atoms with Crippen molar-refractivity contribution in [1.82, 2.24) is 10.3 Å². The highest BCUT2D eigenvalue weighted by atomic mass is 35.5. The van der Waals surface area contributed by atoms with Crippen molar-refractivity contribution < 1.29 is 13.9 Å². The molecule has 0 spiro atoms. The smallest absolute Gasteiger partial charge is 0.220 e. The van der Waals surface area contributed by atoms with E-state index in [1.807, 2.05) is 31.2 Å². The summed E-state index contributed by atoms with van der Waals surface area (Å²) in [7, 11) is 1.65. The molecule has 0 aliphatic heterocycles. The zero-order valence-corrected chi connectivity index (χ0v) is 16.8. The van der Waals surface area contributed by atoms with Crippen molar-refractivity contribution in [2.45, 2.75) is 26.2 Å². The van der Waals surface area contributed by atoms with Crippen LogP contribution in [0.2, 0.25) is 5.02 Å². The standard InChI is InChI=1S/C22H23ClN2O3/c1-15-3-8-19(27-2)17(13-15)11-12-24-21(26)9-10-22-25-14-20(28-22)16-4-6-18(23)7-5-16/h3-8,13-14H,9-12H2,1-2H3,(H,24,26). The number of halogens is 1. The van der Waals surface area contributed by atoms with Gasteiger partial charge < -0.3 is 14.5 Å². The van der Waals surface area contributed by atoms with E-state index < -0.39 is 0 Å². The van der Waals surface area contributed by atoms with E-state index in [0.29, 0.717) is 36.1 Å². The number of oxazole rings is 1. The fourth-order valence-electron chi connectivity index (χ4n) is 2.92. The first kappa shape index (κ1) is 20.0. The summed E-state index contributed by atoms with van der Waals surface area (Å²) in [5.74, 6) is 2.02. The van der Waals surface area contributed by atoms with Crippen molar-refractivity contribution >= 4 is 17.5 Å². The first-order chi connectivity index (χ1) is 13.5. The Balaban J connectivity index is 1.46. The third-order valence-electron chi connectivity index (χ3n) is 4.40. The summed E-state index contributed by atoms with van der Waals surface area (Å²) in [5, 5.41) is 3.61. The molecule has 0 aliphatic rings. The Morgan fingerprint density at radius 2 is 1.96 bits per heavy atom. The molecule has 146 valence electrons. The van der Waals surface area contributed by atoms with Crippen molar-refractivity contribution in [3.8, 4) is 17.1 Å². The predicted octanol–water partition coefficient (Wildman–Crippen LogP) is 4.60. The lowest BCUT2D eigenvalue weighted by Crippen LogP contribution is -2.26. The van der Waals surface area contributed by atoms with E-state index in [4.69, 9.17) is 20.8 Å². The third-order valence-corrected chi connectivity index (χ3v) is 4.65. The van der Waals surface area contributed by atoms with Gasteiger partial charge >= 0.3 is 0 Å². The Hall–Kier alpha value is -2.79. The molecule has 1 amide bonds. The minimum atomic E-state index is -0.0298. The molecule has 5 nitrogen and oxygen atoms in total. The average molecular weight is 399 g/mol. The van der Waals surface area contributed by atoms with Gasteiger partial charge in [0.25, 0.3) is 0 Å². The summed E-state index contributed by atoms with van der Waals surface area (Å²) >= 11 is 5.90. The number of aryl methyl sites for hydroxylation is 2. The molecule has 1 N–H and O–H groups in total. The van der Waals surface area contributed by atoms with Crippen molar-refractivity contribution in [1.29, 1.82) is 0 Å². The molecule has 28 heavy (non-hydrogen) atoms. The molecule has 0 saturated carbocycles. The molecule has 0 unspecified atom stereocenters. The molecular formula is C22H23ClN2O3. The van der Waals surface area contributed by atoms with E-state index in [0.717, 1.165) is 23.3 Å². The lowest BCUT2D eigenvalue weighted by molar-refractivity contribution is -0.121. The van der Waals surface area contributed by atoms with Crippen LogP contribution in [0.25, 0.3) is 11.3 Å². The molecule has 0 radical (unpaired) electrons. The van der Waals surface area contributed by atoms with Crippen molar-refractivity contribution in [3.05, 3.63) is 70.7 Å². The molecule has 0 saturated heterocycles. The highest BCUT2D eigenvalue weighted by Crippen LogP contribution is 2.23. The Morgan fingerprint density at radius 3 is 2.71 bits per heavy atom. The average Bonchev–Trinajstić information content (AvgIpc) is 3.16. The number of ether oxygens (including phenoxy) is 1. The van der Waals surface area contributed by atoms with Crippen molar-refractivity contribution in [2.24, 2.45) is 0 Å². The maximum Gasteiger partial charge on any atom is 0.220 e. The fraction of sp³-hybridized carbons (Fsp3) is 0.273. The molecule has 0 atom stereocenters. The van der Waals surface area contributed by atoms with E-state index in [1.165, 1.54) is 5.56 Å². The summed E-state index contributed by atoms with van der Waals surface area (Å²) in [5.41, 5.74) is 3.16. The van der Waals surface area contributed by atoms with Crippen molar-refractivity contribution in [3.63, 3.8) is 0 Å². The molecule has 3 aromatic rings. The lowest BCUT2D eigenvalue weighted by Gasteiger charge is -2.10. The zero-order chi connectivity index (χ0) is 19.9. The monoisotopic (exact) mass is 398 g/mol. The van der Waals surface area contributed by atoms with Gasteiger partial charge in [0.1, 0.15) is 5.75 Å². The molecule has 0 aliphatic carbocycles. The molecule has 1 heterocycles. The topological polar surface area (TPSA) is 64.4 Å². The number of hydrogen-bond donors (Lipinski definition) is 1. The van der Waals surface area contributed by atoms with E-state index >= 15 is 0 Å². The van der Waals surface area contributed by atoms with Crippen LogP contribution in [0, 0.1) is 6.92 Å². The number of hydrogen-bond acceptors (Lipinski definition) is 4. The number of rotatable bonds is 8. The van der Waals surface area contributed by atoms with Crippen LogP contribution in [0.4, 0.5) is 0 Å². The van der Waals surface area contributed by atoms with E-state index in [9.17, 15) is 4.79 Å². The highest BCUT2D eigenvalue weighted by Gasteiger charge is 2.10. The zero-order valence-electron chi connectivity index (χ0n) is 16.0. The third kappa shape index (κ3) is 5.36. The van der Waals surface area contributed by atoms with E-state index in [2.05, 4.69) is 16.4 Å². The molecule has 1 aromatic heterocycles. The number of methoxy groups -OCH3 is 1. The summed E-state index contributed by atoms with van der Waals surface area (Å²) in [4.78, 5) is 16.4. The van der Waals surface area contributed by atoms with E-state index in [-0.39, 0.29) is 5.91 Å². The normalized spacial score (nSPS) is 10.7. The molecule has 6 heteroatoms. The fourth-order valence-corrected chi connectivity index (χ4v) is 3.05. The molecule has 0 bridgehead atoms. The van der Waals surface area contributed by atoms with E-state index in [1.54, 1.807) is 25.4 Å². The molecule has 3 rings (SSSR count). The summed E-state index contributed by atoms with van der Waals surface area (Å²) in [6, 6.07) is 13.4. The number of nitrogens with one attached hydrogen (secondary N) is 1. The Bertz CT molecular complexity index is 935. The van der Waals surface area contributed by atoms with Crippen LogP contribution in [-0.4, -0.2) is 24.5 Å². The number of carbonyl (C=O) groups excluding carboxylic acids is 1. The number of carbonyl (C=O) groups is 1. The highest BCUT2D eigenvalue weighted by molar-refractivity contribution is 6.30. The first-order valence-corrected chi connectivity index (χ1v) is 9.54. The predicted molar refractivity (Wildman–Crippen MR) is 110 cm³/mol. The van der Waals surface area contributed by atoms with Crippen LogP contribution in [0.15, 0.2) is 53.1 Å². The van der Waals surface area contributed by atoms with Crippen molar-refractivity contribution in [2.75, 3.05) is 13.7 Å². The number of amides is 1. The first-order valence-electron chi connectivity index (χ1n) is 9.16. The van der Waals surface area contributed by atoms with Gasteiger partial charge in [0.15, 0.2) is 11.7 Å². The minimum absolute atomic E-state index is 0.0298. The largest absolute Gasteiger partial charge is 0.496 e. The summed E-state index contributed by atoms with van der Waals surface area (Å²) < 4.78 is 11.1. The maximum atomic E-state index is 12.1. The van der Waals surface area contributed by atoms with Gasteiger partial charge in [0, 0.05) is 30.0 Å². The van der Waals surface area contributed by atoms with Gasteiger partial charge in [-0.25, -0.2) is 4.98 Å². The number of nitrogens with zero attached hydrogens (tertiary/aromatic N) is 1. The maximum absolute atomic E-state index is 12.1.